The normalized spacial score (nSPS) is 15.0. The molecule has 1 unspecified atom stereocenters. The number of nitrogens with one attached hydrogen (secondary N) is 1. The van der Waals surface area contributed by atoms with Crippen molar-refractivity contribution in [2.45, 2.75) is 13.0 Å². The molecule has 0 saturated carbocycles. The van der Waals surface area contributed by atoms with Gasteiger partial charge in [0.05, 0.1) is 6.04 Å². The van der Waals surface area contributed by atoms with E-state index in [0.29, 0.717) is 0 Å². The average molecular weight is 449 g/mol. The summed E-state index contributed by atoms with van der Waals surface area (Å²) in [4.78, 5) is 21.3. The number of halogens is 2. The molecule has 1 fully saturated rings. The molecule has 1 atom stereocenters. The monoisotopic (exact) mass is 448 g/mol. The smallest absolute Gasteiger partial charge is 0.244 e. The predicted octanol–water partition coefficient (Wildman–Crippen LogP) is 4.58. The molecule has 170 valence electrons. The first-order valence-corrected chi connectivity index (χ1v) is 10.9. The highest BCUT2D eigenvalue weighted by Crippen LogP contribution is 2.23. The Morgan fingerprint density at radius 1 is 0.970 bits per heavy atom. The number of piperazine rings is 1. The van der Waals surface area contributed by atoms with E-state index in [9.17, 15) is 13.6 Å². The molecular formula is C26H26F2N4O. The van der Waals surface area contributed by atoms with Gasteiger partial charge in [0, 0.05) is 49.7 Å². The molecule has 1 aromatic heterocycles. The minimum Gasteiger partial charge on any atom is -0.368 e. The molecule has 0 radical (unpaired) electrons. The van der Waals surface area contributed by atoms with Crippen molar-refractivity contribution in [3.63, 3.8) is 0 Å². The number of amides is 1. The van der Waals surface area contributed by atoms with Gasteiger partial charge >= 0.3 is 0 Å². The minimum atomic E-state index is -0.706. The van der Waals surface area contributed by atoms with Gasteiger partial charge in [-0.2, -0.15) is 0 Å². The molecule has 5 nitrogen and oxygen atoms in total. The van der Waals surface area contributed by atoms with Crippen LogP contribution in [0.5, 0.6) is 0 Å². The summed E-state index contributed by atoms with van der Waals surface area (Å²) in [5, 5.41) is 2.86. The topological polar surface area (TPSA) is 48.5 Å². The zero-order valence-electron chi connectivity index (χ0n) is 18.4. The number of anilines is 2. The summed E-state index contributed by atoms with van der Waals surface area (Å²) in [6, 6.07) is 17.3. The Hall–Kier alpha value is -3.74. The van der Waals surface area contributed by atoms with Crippen molar-refractivity contribution in [2.75, 3.05) is 36.0 Å². The Labute approximate surface area is 192 Å². The number of benzene rings is 2. The van der Waals surface area contributed by atoms with E-state index in [-0.39, 0.29) is 11.6 Å². The average Bonchev–Trinajstić information content (AvgIpc) is 2.84. The number of aromatic nitrogens is 1. The number of hydrogen-bond acceptors (Lipinski definition) is 4. The van der Waals surface area contributed by atoms with E-state index < -0.39 is 17.5 Å². The van der Waals surface area contributed by atoms with Gasteiger partial charge in [0.15, 0.2) is 0 Å². The van der Waals surface area contributed by atoms with E-state index in [2.05, 4.69) is 32.2 Å². The molecule has 1 aliphatic rings. The molecule has 7 heteroatoms. The van der Waals surface area contributed by atoms with Crippen LogP contribution in [0.25, 0.3) is 6.08 Å². The minimum absolute atomic E-state index is 0.229. The summed E-state index contributed by atoms with van der Waals surface area (Å²) < 4.78 is 27.5. The lowest BCUT2D eigenvalue weighted by atomic mass is 10.1. The van der Waals surface area contributed by atoms with E-state index in [4.69, 9.17) is 0 Å². The zero-order valence-corrected chi connectivity index (χ0v) is 18.4. The molecule has 0 spiro atoms. The fourth-order valence-electron chi connectivity index (χ4n) is 3.90. The van der Waals surface area contributed by atoms with Gasteiger partial charge in [0.1, 0.15) is 17.5 Å². The van der Waals surface area contributed by atoms with Crippen LogP contribution >= 0.6 is 0 Å². The third-order valence-corrected chi connectivity index (χ3v) is 5.75. The van der Waals surface area contributed by atoms with Crippen molar-refractivity contribution in [1.29, 1.82) is 0 Å². The number of nitrogens with zero attached hydrogens (tertiary/aromatic N) is 3. The summed E-state index contributed by atoms with van der Waals surface area (Å²) in [6.45, 7) is 5.39. The first-order chi connectivity index (χ1) is 16.0. The van der Waals surface area contributed by atoms with Crippen LogP contribution in [-0.4, -0.2) is 37.1 Å². The molecule has 1 aliphatic heterocycles. The summed E-state index contributed by atoms with van der Waals surface area (Å²) >= 11 is 0. The highest BCUT2D eigenvalue weighted by atomic mass is 19.1. The second kappa shape index (κ2) is 10.3. The molecule has 3 aromatic rings. The number of rotatable bonds is 6. The van der Waals surface area contributed by atoms with Crippen LogP contribution in [0.1, 0.15) is 24.1 Å². The van der Waals surface area contributed by atoms with Gasteiger partial charge in [-0.05, 0) is 55.0 Å². The maximum absolute atomic E-state index is 13.7. The third-order valence-electron chi connectivity index (χ3n) is 5.75. The fourth-order valence-corrected chi connectivity index (χ4v) is 3.90. The van der Waals surface area contributed by atoms with Crippen molar-refractivity contribution < 1.29 is 13.6 Å². The second-order valence-corrected chi connectivity index (χ2v) is 7.96. The van der Waals surface area contributed by atoms with Crippen LogP contribution in [0.4, 0.5) is 20.3 Å². The summed E-state index contributed by atoms with van der Waals surface area (Å²) in [6.07, 6.45) is 4.12. The maximum Gasteiger partial charge on any atom is 0.244 e. The molecule has 33 heavy (non-hydrogen) atoms. The van der Waals surface area contributed by atoms with Gasteiger partial charge in [-0.25, -0.2) is 13.8 Å². The van der Waals surface area contributed by atoms with E-state index in [1.165, 1.54) is 6.07 Å². The number of pyridine rings is 1. The summed E-state index contributed by atoms with van der Waals surface area (Å²) in [5.41, 5.74) is 1.82. The predicted molar refractivity (Wildman–Crippen MR) is 127 cm³/mol. The first-order valence-electron chi connectivity index (χ1n) is 10.9. The second-order valence-electron chi connectivity index (χ2n) is 7.96. The van der Waals surface area contributed by atoms with E-state index in [1.807, 2.05) is 43.5 Å². The number of carbonyl (C=O) groups is 1. The lowest BCUT2D eigenvalue weighted by Gasteiger charge is -2.37. The molecule has 4 rings (SSSR count). The van der Waals surface area contributed by atoms with E-state index in [0.717, 1.165) is 67.5 Å². The molecule has 2 aromatic carbocycles. The van der Waals surface area contributed by atoms with Crippen LogP contribution in [0, 0.1) is 11.6 Å². The van der Waals surface area contributed by atoms with Crippen LogP contribution in [0.15, 0.2) is 72.9 Å². The Balaban J connectivity index is 1.36. The fraction of sp³-hybridized carbons (Fsp3) is 0.231. The zero-order chi connectivity index (χ0) is 23.2. The summed E-state index contributed by atoms with van der Waals surface area (Å²) in [7, 11) is 0. The molecular weight excluding hydrogens is 422 g/mol. The molecule has 1 saturated heterocycles. The first kappa shape index (κ1) is 22.5. The van der Waals surface area contributed by atoms with Crippen molar-refractivity contribution >= 4 is 23.5 Å². The highest BCUT2D eigenvalue weighted by Gasteiger charge is 2.19. The molecule has 1 N–H and O–H groups in total. The van der Waals surface area contributed by atoms with Crippen molar-refractivity contribution in [2.24, 2.45) is 0 Å². The molecule has 0 aliphatic carbocycles. The number of hydrogen-bond donors (Lipinski definition) is 1. The van der Waals surface area contributed by atoms with Gasteiger partial charge in [-0.15, -0.1) is 0 Å². The number of carbonyl (C=O) groups excluding carboxylic acids is 1. The van der Waals surface area contributed by atoms with Gasteiger partial charge in [-0.1, -0.05) is 24.3 Å². The Kier molecular flexibility index (Phi) is 6.98. The molecule has 1 amide bonds. The van der Waals surface area contributed by atoms with Gasteiger partial charge < -0.3 is 15.1 Å². The van der Waals surface area contributed by atoms with Crippen molar-refractivity contribution in [1.82, 2.24) is 10.3 Å². The Morgan fingerprint density at radius 3 is 2.36 bits per heavy atom. The standard InChI is InChI=1S/C26H26F2N4O/c1-19(30-26(33)12-11-22-23(27)8-5-9-24(22)28)20-6-4-7-21(18-20)31-14-16-32(17-15-31)25-10-2-3-13-29-25/h2-13,18-19H,14-17H2,1H3,(H,30,33). The third kappa shape index (κ3) is 5.55. The van der Waals surface area contributed by atoms with Crippen molar-refractivity contribution in [3.8, 4) is 0 Å². The van der Waals surface area contributed by atoms with Crippen LogP contribution in [0.3, 0.4) is 0 Å². The van der Waals surface area contributed by atoms with Crippen molar-refractivity contribution in [3.05, 3.63) is 95.7 Å². The Bertz CT molecular complexity index is 1110. The van der Waals surface area contributed by atoms with Crippen LogP contribution < -0.4 is 15.1 Å². The van der Waals surface area contributed by atoms with Crippen LogP contribution in [-0.2, 0) is 4.79 Å². The summed E-state index contributed by atoms with van der Waals surface area (Å²) in [5.74, 6) is -0.837. The van der Waals surface area contributed by atoms with Gasteiger partial charge in [0.25, 0.3) is 0 Å². The Morgan fingerprint density at radius 2 is 1.67 bits per heavy atom. The quantitative estimate of drug-likeness (QED) is 0.561. The highest BCUT2D eigenvalue weighted by molar-refractivity contribution is 5.92. The molecule has 0 bridgehead atoms. The van der Waals surface area contributed by atoms with Gasteiger partial charge in [-0.3, -0.25) is 4.79 Å². The van der Waals surface area contributed by atoms with Gasteiger partial charge in [0.2, 0.25) is 5.91 Å². The maximum atomic E-state index is 13.7. The lowest BCUT2D eigenvalue weighted by Crippen LogP contribution is -2.46. The van der Waals surface area contributed by atoms with E-state index in [1.54, 1.807) is 0 Å². The lowest BCUT2D eigenvalue weighted by molar-refractivity contribution is -0.117. The SMILES string of the molecule is CC(NC(=O)C=Cc1c(F)cccc1F)c1cccc(N2CCN(c3ccccn3)CC2)c1. The molecule has 2 heterocycles. The van der Waals surface area contributed by atoms with Crippen LogP contribution in [0.2, 0.25) is 0 Å². The van der Waals surface area contributed by atoms with E-state index >= 15 is 0 Å². The largest absolute Gasteiger partial charge is 0.368 e.